The van der Waals surface area contributed by atoms with Crippen molar-refractivity contribution in [2.45, 2.75) is 51.9 Å². The smallest absolute Gasteiger partial charge is 0.290 e. The maximum absolute atomic E-state index is 12.1. The molecular weight excluding hydrogens is 256 g/mol. The van der Waals surface area contributed by atoms with Crippen molar-refractivity contribution in [1.29, 1.82) is 0 Å². The first-order valence-electron chi connectivity index (χ1n) is 7.18. The van der Waals surface area contributed by atoms with Crippen LogP contribution in [0.4, 0.5) is 0 Å². The summed E-state index contributed by atoms with van der Waals surface area (Å²) in [6.07, 6.45) is 4.16. The molecule has 6 nitrogen and oxygen atoms in total. The topological polar surface area (TPSA) is 90.9 Å². The minimum absolute atomic E-state index is 0.120. The Morgan fingerprint density at radius 1 is 1.40 bits per heavy atom. The number of aliphatic hydroxyl groups is 1. The van der Waals surface area contributed by atoms with Crippen molar-refractivity contribution in [2.24, 2.45) is 5.41 Å². The van der Waals surface area contributed by atoms with E-state index in [1.807, 2.05) is 20.8 Å². The summed E-state index contributed by atoms with van der Waals surface area (Å²) in [6, 6.07) is 0. The summed E-state index contributed by atoms with van der Waals surface area (Å²) in [7, 11) is 0. The molecule has 0 bridgehead atoms. The number of hydrogen-bond donors (Lipinski definition) is 3. The number of aromatic amines is 1. The highest BCUT2D eigenvalue weighted by Gasteiger charge is 2.34. The van der Waals surface area contributed by atoms with Crippen LogP contribution in [0.2, 0.25) is 0 Å². The van der Waals surface area contributed by atoms with E-state index in [0.29, 0.717) is 12.4 Å². The Bertz CT molecular complexity index is 470. The number of nitrogens with zero attached hydrogens (tertiary/aromatic N) is 2. The van der Waals surface area contributed by atoms with E-state index in [2.05, 4.69) is 20.5 Å². The lowest BCUT2D eigenvalue weighted by Gasteiger charge is -2.26. The number of carbonyl (C=O) groups excluding carboxylic acids is 1. The van der Waals surface area contributed by atoms with Crippen molar-refractivity contribution < 1.29 is 9.90 Å². The van der Waals surface area contributed by atoms with E-state index < -0.39 is 0 Å². The van der Waals surface area contributed by atoms with Crippen LogP contribution in [0.15, 0.2) is 0 Å². The number of H-pyrrole nitrogens is 1. The first-order chi connectivity index (χ1) is 9.36. The molecule has 0 atom stereocenters. The van der Waals surface area contributed by atoms with Gasteiger partial charge < -0.3 is 10.4 Å². The maximum atomic E-state index is 12.1. The normalized spacial score (nSPS) is 18.2. The molecule has 0 saturated heterocycles. The summed E-state index contributed by atoms with van der Waals surface area (Å²) in [5.74, 6) is 0.581. The number of nitrogens with one attached hydrogen (secondary N) is 2. The van der Waals surface area contributed by atoms with Crippen molar-refractivity contribution in [3.05, 3.63) is 11.6 Å². The van der Waals surface area contributed by atoms with Crippen LogP contribution in [0.1, 0.15) is 62.9 Å². The fourth-order valence-electron chi connectivity index (χ4n) is 2.56. The van der Waals surface area contributed by atoms with Crippen LogP contribution < -0.4 is 5.32 Å². The molecule has 0 unspecified atom stereocenters. The van der Waals surface area contributed by atoms with Gasteiger partial charge in [0, 0.05) is 17.4 Å². The van der Waals surface area contributed by atoms with Crippen molar-refractivity contribution in [2.75, 3.05) is 13.2 Å². The van der Waals surface area contributed by atoms with Gasteiger partial charge in [0.05, 0.1) is 6.61 Å². The minimum atomic E-state index is -0.281. The van der Waals surface area contributed by atoms with Gasteiger partial charge >= 0.3 is 0 Å². The summed E-state index contributed by atoms with van der Waals surface area (Å²) in [4.78, 5) is 16.3. The van der Waals surface area contributed by atoms with Crippen LogP contribution in [0.25, 0.3) is 0 Å². The molecule has 112 valence electrons. The molecule has 0 radical (unpaired) electrons. The number of aromatic nitrogens is 3. The van der Waals surface area contributed by atoms with Gasteiger partial charge in [-0.15, -0.1) is 5.10 Å². The zero-order valence-corrected chi connectivity index (χ0v) is 12.5. The monoisotopic (exact) mass is 280 g/mol. The molecule has 1 aromatic rings. The third-order valence-corrected chi connectivity index (χ3v) is 4.02. The minimum Gasteiger partial charge on any atom is -0.396 e. The molecule has 6 heteroatoms. The molecule has 20 heavy (non-hydrogen) atoms. The summed E-state index contributed by atoms with van der Waals surface area (Å²) in [6.45, 7) is 6.63. The number of rotatable bonds is 4. The number of amides is 1. The van der Waals surface area contributed by atoms with Crippen molar-refractivity contribution >= 4 is 5.91 Å². The fourth-order valence-corrected chi connectivity index (χ4v) is 2.56. The molecule has 1 saturated carbocycles. The molecule has 1 aliphatic carbocycles. The van der Waals surface area contributed by atoms with Gasteiger partial charge in [0.15, 0.2) is 0 Å². The Kier molecular flexibility index (Phi) is 4.13. The third-order valence-electron chi connectivity index (χ3n) is 4.02. The second-order valence-corrected chi connectivity index (χ2v) is 6.81. The van der Waals surface area contributed by atoms with Crippen molar-refractivity contribution in [3.63, 3.8) is 0 Å². The lowest BCUT2D eigenvalue weighted by atomic mass is 9.87. The number of hydrogen-bond acceptors (Lipinski definition) is 4. The van der Waals surface area contributed by atoms with Crippen LogP contribution in [-0.2, 0) is 5.41 Å². The molecule has 0 aromatic carbocycles. The summed E-state index contributed by atoms with van der Waals surface area (Å²) in [5.41, 5.74) is -0.317. The molecule has 1 heterocycles. The van der Waals surface area contributed by atoms with E-state index in [-0.39, 0.29) is 29.2 Å². The summed E-state index contributed by atoms with van der Waals surface area (Å²) < 4.78 is 0. The first kappa shape index (κ1) is 15.0. The highest BCUT2D eigenvalue weighted by molar-refractivity contribution is 5.90. The maximum Gasteiger partial charge on any atom is 0.290 e. The predicted molar refractivity (Wildman–Crippen MR) is 75.4 cm³/mol. The van der Waals surface area contributed by atoms with Crippen LogP contribution >= 0.6 is 0 Å². The molecular formula is C14H24N4O2. The number of carbonyl (C=O) groups is 1. The SMILES string of the molecule is CC(C)(C)c1nc(C(=O)NCC2(CO)CCCC2)n[nH]1. The Labute approximate surface area is 119 Å². The lowest BCUT2D eigenvalue weighted by molar-refractivity contribution is 0.0871. The Balaban J connectivity index is 1.97. The standard InChI is InChI=1S/C14H24N4O2/c1-13(2,3)12-16-10(17-18-12)11(20)15-8-14(9-19)6-4-5-7-14/h19H,4-9H2,1-3H3,(H,15,20)(H,16,17,18). The molecule has 3 N–H and O–H groups in total. The van der Waals surface area contributed by atoms with Gasteiger partial charge in [0.25, 0.3) is 5.91 Å². The van der Waals surface area contributed by atoms with Crippen LogP contribution in [-0.4, -0.2) is 39.3 Å². The average molecular weight is 280 g/mol. The van der Waals surface area contributed by atoms with Gasteiger partial charge in [0.1, 0.15) is 5.82 Å². The lowest BCUT2D eigenvalue weighted by Crippen LogP contribution is -2.38. The van der Waals surface area contributed by atoms with Gasteiger partial charge in [0.2, 0.25) is 5.82 Å². The molecule has 0 spiro atoms. The van der Waals surface area contributed by atoms with E-state index in [1.54, 1.807) is 0 Å². The van der Waals surface area contributed by atoms with E-state index in [0.717, 1.165) is 25.7 Å². The molecule has 1 aromatic heterocycles. The van der Waals surface area contributed by atoms with Crippen LogP contribution in [0.5, 0.6) is 0 Å². The largest absolute Gasteiger partial charge is 0.396 e. The summed E-state index contributed by atoms with van der Waals surface area (Å²) in [5, 5.41) is 19.1. The molecule has 1 fully saturated rings. The number of aliphatic hydroxyl groups excluding tert-OH is 1. The van der Waals surface area contributed by atoms with Crippen molar-refractivity contribution in [1.82, 2.24) is 20.5 Å². The quantitative estimate of drug-likeness (QED) is 0.777. The van der Waals surface area contributed by atoms with Gasteiger partial charge in [-0.3, -0.25) is 9.89 Å². The fraction of sp³-hybridized carbons (Fsp3) is 0.786. The molecule has 1 aliphatic rings. The van der Waals surface area contributed by atoms with E-state index in [1.165, 1.54) is 0 Å². The van der Waals surface area contributed by atoms with E-state index in [4.69, 9.17) is 0 Å². The molecule has 2 rings (SSSR count). The van der Waals surface area contributed by atoms with Gasteiger partial charge in [-0.05, 0) is 12.8 Å². The first-order valence-corrected chi connectivity index (χ1v) is 7.18. The second kappa shape index (κ2) is 5.52. The van der Waals surface area contributed by atoms with E-state index in [9.17, 15) is 9.90 Å². The molecule has 1 amide bonds. The predicted octanol–water partition coefficient (Wildman–Crippen LogP) is 1.38. The Morgan fingerprint density at radius 2 is 2.05 bits per heavy atom. The second-order valence-electron chi connectivity index (χ2n) is 6.81. The average Bonchev–Trinajstić information content (AvgIpc) is 3.05. The van der Waals surface area contributed by atoms with E-state index >= 15 is 0 Å². The Hall–Kier alpha value is -1.43. The van der Waals surface area contributed by atoms with Crippen molar-refractivity contribution in [3.8, 4) is 0 Å². The van der Waals surface area contributed by atoms with Gasteiger partial charge in [-0.2, -0.15) is 0 Å². The Morgan fingerprint density at radius 3 is 2.55 bits per heavy atom. The zero-order chi connectivity index (χ0) is 14.8. The highest BCUT2D eigenvalue weighted by atomic mass is 16.3. The van der Waals surface area contributed by atoms with Crippen LogP contribution in [0, 0.1) is 5.41 Å². The van der Waals surface area contributed by atoms with Crippen LogP contribution in [0.3, 0.4) is 0 Å². The summed E-state index contributed by atoms with van der Waals surface area (Å²) >= 11 is 0. The van der Waals surface area contributed by atoms with Gasteiger partial charge in [-0.1, -0.05) is 33.6 Å². The third kappa shape index (κ3) is 3.17. The molecule has 0 aliphatic heterocycles. The zero-order valence-electron chi connectivity index (χ0n) is 12.5. The van der Waals surface area contributed by atoms with Gasteiger partial charge in [-0.25, -0.2) is 4.98 Å². The highest BCUT2D eigenvalue weighted by Crippen LogP contribution is 2.36.